The zero-order chi connectivity index (χ0) is 22.9. The molecule has 0 bridgehead atoms. The first-order valence-corrected chi connectivity index (χ1v) is 11.6. The van der Waals surface area contributed by atoms with Gasteiger partial charge in [-0.15, -0.1) is 0 Å². The lowest BCUT2D eigenvalue weighted by atomic mass is 10.2. The van der Waals surface area contributed by atoms with Crippen molar-refractivity contribution in [2.45, 2.75) is 13.3 Å². The Morgan fingerprint density at radius 1 is 0.970 bits per heavy atom. The SMILES string of the molecule is CCc1nc(N2CCN(C(=O)c3ccc(Cl)cc3)CC2)c2cnn(-c3ccccc3Cl)c2n1. The third kappa shape index (κ3) is 4.14. The van der Waals surface area contributed by atoms with E-state index in [0.29, 0.717) is 48.2 Å². The summed E-state index contributed by atoms with van der Waals surface area (Å²) in [6.07, 6.45) is 2.49. The number of hydrogen-bond acceptors (Lipinski definition) is 5. The van der Waals surface area contributed by atoms with Crippen molar-refractivity contribution in [2.75, 3.05) is 31.1 Å². The molecule has 1 saturated heterocycles. The van der Waals surface area contributed by atoms with E-state index in [1.54, 1.807) is 35.1 Å². The van der Waals surface area contributed by atoms with Gasteiger partial charge in [0, 0.05) is 43.2 Å². The molecule has 3 heterocycles. The fourth-order valence-corrected chi connectivity index (χ4v) is 4.37. The van der Waals surface area contributed by atoms with E-state index in [1.807, 2.05) is 36.1 Å². The molecule has 0 spiro atoms. The molecule has 0 unspecified atom stereocenters. The molecule has 9 heteroatoms. The lowest BCUT2D eigenvalue weighted by Gasteiger charge is -2.35. The summed E-state index contributed by atoms with van der Waals surface area (Å²) in [5.74, 6) is 1.60. The van der Waals surface area contributed by atoms with E-state index in [1.165, 1.54) is 0 Å². The first-order chi connectivity index (χ1) is 16.0. The zero-order valence-electron chi connectivity index (χ0n) is 18.1. The van der Waals surface area contributed by atoms with E-state index in [9.17, 15) is 4.79 Å². The Kier molecular flexibility index (Phi) is 5.91. The highest BCUT2D eigenvalue weighted by Crippen LogP contribution is 2.29. The summed E-state index contributed by atoms with van der Waals surface area (Å²) < 4.78 is 1.77. The van der Waals surface area contributed by atoms with Gasteiger partial charge in [0.25, 0.3) is 5.91 Å². The van der Waals surface area contributed by atoms with E-state index in [2.05, 4.69) is 10.00 Å². The molecular formula is C24H22Cl2N6O. The number of piperazine rings is 1. The minimum absolute atomic E-state index is 0.0138. The number of fused-ring (bicyclic) bond motifs is 1. The van der Waals surface area contributed by atoms with Crippen LogP contribution in [0.15, 0.2) is 54.7 Å². The number of nitrogens with zero attached hydrogens (tertiary/aromatic N) is 6. The van der Waals surface area contributed by atoms with Gasteiger partial charge >= 0.3 is 0 Å². The molecule has 1 aliphatic rings. The van der Waals surface area contributed by atoms with Crippen molar-refractivity contribution in [1.29, 1.82) is 0 Å². The van der Waals surface area contributed by atoms with Crippen LogP contribution in [0.5, 0.6) is 0 Å². The molecule has 168 valence electrons. The normalized spacial score (nSPS) is 14.2. The van der Waals surface area contributed by atoms with E-state index >= 15 is 0 Å². The molecule has 0 N–H and O–H groups in total. The van der Waals surface area contributed by atoms with Crippen LogP contribution in [0.3, 0.4) is 0 Å². The van der Waals surface area contributed by atoms with Gasteiger partial charge < -0.3 is 9.80 Å². The lowest BCUT2D eigenvalue weighted by Crippen LogP contribution is -2.49. The fourth-order valence-electron chi connectivity index (χ4n) is 4.03. The third-order valence-corrected chi connectivity index (χ3v) is 6.38. The lowest BCUT2D eigenvalue weighted by molar-refractivity contribution is 0.0746. The van der Waals surface area contributed by atoms with Crippen molar-refractivity contribution in [2.24, 2.45) is 0 Å². The van der Waals surface area contributed by atoms with Gasteiger partial charge in [0.2, 0.25) is 0 Å². The monoisotopic (exact) mass is 480 g/mol. The number of hydrogen-bond donors (Lipinski definition) is 0. The summed E-state index contributed by atoms with van der Waals surface area (Å²) >= 11 is 12.4. The number of para-hydroxylation sites is 1. The number of aromatic nitrogens is 4. The second-order valence-corrected chi connectivity index (χ2v) is 8.69. The van der Waals surface area contributed by atoms with Crippen molar-refractivity contribution in [3.8, 4) is 5.69 Å². The first-order valence-electron chi connectivity index (χ1n) is 10.8. The Bertz CT molecular complexity index is 1310. The molecule has 2 aromatic heterocycles. The number of amides is 1. The van der Waals surface area contributed by atoms with Crippen molar-refractivity contribution in [3.63, 3.8) is 0 Å². The Morgan fingerprint density at radius 3 is 2.39 bits per heavy atom. The molecule has 4 aromatic rings. The average molecular weight is 481 g/mol. The molecule has 5 rings (SSSR count). The Labute approximate surface area is 201 Å². The Balaban J connectivity index is 1.43. The van der Waals surface area contributed by atoms with Crippen LogP contribution in [0.4, 0.5) is 5.82 Å². The van der Waals surface area contributed by atoms with Gasteiger partial charge in [-0.1, -0.05) is 42.3 Å². The highest BCUT2D eigenvalue weighted by molar-refractivity contribution is 6.32. The maximum atomic E-state index is 12.9. The van der Waals surface area contributed by atoms with Crippen LogP contribution in [0.2, 0.25) is 10.0 Å². The Morgan fingerprint density at radius 2 is 1.70 bits per heavy atom. The number of halogens is 2. The van der Waals surface area contributed by atoms with Gasteiger partial charge in [0.1, 0.15) is 11.6 Å². The molecule has 0 aliphatic carbocycles. The second kappa shape index (κ2) is 9.00. The minimum atomic E-state index is 0.0138. The van der Waals surface area contributed by atoms with Crippen LogP contribution in [0.1, 0.15) is 23.1 Å². The van der Waals surface area contributed by atoms with Gasteiger partial charge in [-0.05, 0) is 36.4 Å². The van der Waals surface area contributed by atoms with E-state index < -0.39 is 0 Å². The predicted octanol–water partition coefficient (Wildman–Crippen LogP) is 4.65. The minimum Gasteiger partial charge on any atom is -0.352 e. The van der Waals surface area contributed by atoms with E-state index in [0.717, 1.165) is 28.4 Å². The van der Waals surface area contributed by atoms with Crippen LogP contribution in [0.25, 0.3) is 16.7 Å². The summed E-state index contributed by atoms with van der Waals surface area (Å²) in [5, 5.41) is 6.67. The van der Waals surface area contributed by atoms with Crippen molar-refractivity contribution < 1.29 is 4.79 Å². The summed E-state index contributed by atoms with van der Waals surface area (Å²) in [6, 6.07) is 14.6. The van der Waals surface area contributed by atoms with Gasteiger partial charge in [-0.3, -0.25) is 4.79 Å². The standard InChI is InChI=1S/C24H22Cl2N6O/c1-2-21-28-22(18-15-27-32(23(18)29-21)20-6-4-3-5-19(20)26)30-11-13-31(14-12-30)24(33)16-7-9-17(25)10-8-16/h3-10,15H,2,11-14H2,1H3. The van der Waals surface area contributed by atoms with Gasteiger partial charge in [-0.2, -0.15) is 5.10 Å². The average Bonchev–Trinajstić information content (AvgIpc) is 3.27. The smallest absolute Gasteiger partial charge is 0.253 e. The molecule has 0 radical (unpaired) electrons. The largest absolute Gasteiger partial charge is 0.352 e. The molecule has 0 saturated carbocycles. The number of benzene rings is 2. The first kappa shape index (κ1) is 21.7. The summed E-state index contributed by atoms with van der Waals surface area (Å²) in [7, 11) is 0. The number of rotatable bonds is 4. The predicted molar refractivity (Wildman–Crippen MR) is 131 cm³/mol. The quantitative estimate of drug-likeness (QED) is 0.425. The highest BCUT2D eigenvalue weighted by atomic mass is 35.5. The molecular weight excluding hydrogens is 459 g/mol. The fraction of sp³-hybridized carbons (Fsp3) is 0.250. The van der Waals surface area contributed by atoms with Crippen LogP contribution < -0.4 is 4.90 Å². The molecule has 33 heavy (non-hydrogen) atoms. The molecule has 1 amide bonds. The van der Waals surface area contributed by atoms with Crippen LogP contribution in [0, 0.1) is 0 Å². The van der Waals surface area contributed by atoms with Crippen molar-refractivity contribution in [3.05, 3.63) is 76.2 Å². The number of aryl methyl sites for hydroxylation is 1. The van der Waals surface area contributed by atoms with Crippen molar-refractivity contribution in [1.82, 2.24) is 24.6 Å². The van der Waals surface area contributed by atoms with Gasteiger partial charge in [0.05, 0.1) is 22.3 Å². The van der Waals surface area contributed by atoms with Crippen molar-refractivity contribution >= 4 is 46.0 Å². The third-order valence-electron chi connectivity index (χ3n) is 5.81. The second-order valence-electron chi connectivity index (χ2n) is 7.85. The topological polar surface area (TPSA) is 67.2 Å². The van der Waals surface area contributed by atoms with Crippen LogP contribution in [-0.4, -0.2) is 56.7 Å². The van der Waals surface area contributed by atoms with E-state index in [4.69, 9.17) is 33.2 Å². The highest BCUT2D eigenvalue weighted by Gasteiger charge is 2.25. The van der Waals surface area contributed by atoms with Gasteiger partial charge in [-0.25, -0.2) is 14.6 Å². The zero-order valence-corrected chi connectivity index (χ0v) is 19.6. The molecule has 7 nitrogen and oxygen atoms in total. The molecule has 1 aliphatic heterocycles. The maximum Gasteiger partial charge on any atom is 0.253 e. The van der Waals surface area contributed by atoms with Crippen LogP contribution in [-0.2, 0) is 6.42 Å². The molecule has 2 aromatic carbocycles. The summed E-state index contributed by atoms with van der Waals surface area (Å²) in [4.78, 5) is 26.5. The summed E-state index contributed by atoms with van der Waals surface area (Å²) in [6.45, 7) is 4.59. The van der Waals surface area contributed by atoms with E-state index in [-0.39, 0.29) is 5.91 Å². The molecule has 1 fully saturated rings. The van der Waals surface area contributed by atoms with Crippen LogP contribution >= 0.6 is 23.2 Å². The number of anilines is 1. The van der Waals surface area contributed by atoms with Gasteiger partial charge in [0.15, 0.2) is 5.65 Å². The molecule has 0 atom stereocenters. The maximum absolute atomic E-state index is 12.9. The number of carbonyl (C=O) groups is 1. The Hall–Kier alpha value is -3.16. The number of carbonyl (C=O) groups excluding carboxylic acids is 1. The summed E-state index contributed by atoms with van der Waals surface area (Å²) in [5.41, 5.74) is 2.15.